The van der Waals surface area contributed by atoms with Gasteiger partial charge in [-0.1, -0.05) is 24.3 Å². The number of para-hydroxylation sites is 1. The molecule has 4 rings (SSSR count). The van der Waals surface area contributed by atoms with E-state index in [9.17, 15) is 4.79 Å². The lowest BCUT2D eigenvalue weighted by molar-refractivity contribution is -0.120. The van der Waals surface area contributed by atoms with Crippen LogP contribution in [0.1, 0.15) is 5.56 Å². The van der Waals surface area contributed by atoms with Gasteiger partial charge in [0.05, 0.1) is 6.42 Å². The number of rotatable bonds is 6. The van der Waals surface area contributed by atoms with Crippen molar-refractivity contribution >= 4 is 16.8 Å². The predicted octanol–water partition coefficient (Wildman–Crippen LogP) is 2.80. The van der Waals surface area contributed by atoms with Crippen LogP contribution in [0.5, 0.6) is 0 Å². The molecular formula is C21H21N5O. The van der Waals surface area contributed by atoms with E-state index in [2.05, 4.69) is 32.0 Å². The van der Waals surface area contributed by atoms with Gasteiger partial charge in [0.2, 0.25) is 5.91 Å². The topological polar surface area (TPSA) is 64.7 Å². The average Bonchev–Trinajstić information content (AvgIpc) is 3.28. The quantitative estimate of drug-likeness (QED) is 0.576. The smallest absolute Gasteiger partial charge is 0.224 e. The number of imidazole rings is 1. The normalized spacial score (nSPS) is 11.0. The van der Waals surface area contributed by atoms with Crippen molar-refractivity contribution in [2.75, 3.05) is 6.54 Å². The molecule has 27 heavy (non-hydrogen) atoms. The molecule has 6 nitrogen and oxygen atoms in total. The van der Waals surface area contributed by atoms with Gasteiger partial charge >= 0.3 is 0 Å². The van der Waals surface area contributed by atoms with E-state index < -0.39 is 0 Å². The molecule has 3 heterocycles. The lowest BCUT2D eigenvalue weighted by Gasteiger charge is -2.09. The van der Waals surface area contributed by atoms with E-state index in [4.69, 9.17) is 0 Å². The third-order valence-electron chi connectivity index (χ3n) is 4.61. The van der Waals surface area contributed by atoms with Gasteiger partial charge in [-0.25, -0.2) is 4.98 Å². The number of carbonyl (C=O) groups excluding carboxylic acids is 1. The standard InChI is InChI=1S/C21H21N5O/c1-25-15-16(17-6-2-3-8-19(17)25)14-20(27)23-10-12-26-13-11-24-21(26)18-7-4-5-9-22-18/h2-9,11,13,15H,10,12,14H2,1H3,(H,23,27). The fourth-order valence-corrected chi connectivity index (χ4v) is 3.34. The minimum absolute atomic E-state index is 0.0193. The monoisotopic (exact) mass is 359 g/mol. The van der Waals surface area contributed by atoms with E-state index >= 15 is 0 Å². The molecule has 0 bridgehead atoms. The van der Waals surface area contributed by atoms with Crippen LogP contribution in [0.2, 0.25) is 0 Å². The molecule has 0 radical (unpaired) electrons. The summed E-state index contributed by atoms with van der Waals surface area (Å²) in [7, 11) is 2.00. The molecule has 0 fully saturated rings. The fraction of sp³-hybridized carbons (Fsp3) is 0.190. The highest BCUT2D eigenvalue weighted by Gasteiger charge is 2.11. The average molecular weight is 359 g/mol. The van der Waals surface area contributed by atoms with E-state index in [1.165, 1.54) is 0 Å². The molecule has 0 saturated carbocycles. The predicted molar refractivity (Wildman–Crippen MR) is 105 cm³/mol. The van der Waals surface area contributed by atoms with E-state index in [1.54, 1.807) is 12.4 Å². The Balaban J connectivity index is 1.37. The second-order valence-corrected chi connectivity index (χ2v) is 6.47. The highest BCUT2D eigenvalue weighted by atomic mass is 16.1. The summed E-state index contributed by atoms with van der Waals surface area (Å²) in [6.45, 7) is 1.19. The van der Waals surface area contributed by atoms with Crippen LogP contribution in [-0.4, -0.2) is 31.6 Å². The van der Waals surface area contributed by atoms with Crippen molar-refractivity contribution < 1.29 is 4.79 Å². The molecular weight excluding hydrogens is 338 g/mol. The first-order chi connectivity index (χ1) is 13.2. The zero-order valence-corrected chi connectivity index (χ0v) is 15.2. The van der Waals surface area contributed by atoms with Crippen molar-refractivity contribution in [3.8, 4) is 11.5 Å². The minimum Gasteiger partial charge on any atom is -0.354 e. The van der Waals surface area contributed by atoms with Crippen LogP contribution in [0, 0.1) is 0 Å². The van der Waals surface area contributed by atoms with Crippen molar-refractivity contribution in [1.82, 2.24) is 24.4 Å². The lowest BCUT2D eigenvalue weighted by atomic mass is 10.1. The molecule has 6 heteroatoms. The van der Waals surface area contributed by atoms with Crippen LogP contribution in [0.25, 0.3) is 22.4 Å². The van der Waals surface area contributed by atoms with Crippen LogP contribution < -0.4 is 5.32 Å². The summed E-state index contributed by atoms with van der Waals surface area (Å²) in [5.74, 6) is 0.824. The van der Waals surface area contributed by atoms with Gasteiger partial charge in [0.25, 0.3) is 0 Å². The second kappa shape index (κ2) is 7.45. The number of benzene rings is 1. The molecule has 1 N–H and O–H groups in total. The zero-order chi connectivity index (χ0) is 18.6. The van der Waals surface area contributed by atoms with Gasteiger partial charge in [-0.05, 0) is 23.8 Å². The summed E-state index contributed by atoms with van der Waals surface area (Å²) >= 11 is 0. The van der Waals surface area contributed by atoms with E-state index in [0.29, 0.717) is 19.5 Å². The SMILES string of the molecule is Cn1cc(CC(=O)NCCn2ccnc2-c2ccccn2)c2ccccc21. The number of hydrogen-bond donors (Lipinski definition) is 1. The third-order valence-corrected chi connectivity index (χ3v) is 4.61. The number of hydrogen-bond acceptors (Lipinski definition) is 3. The highest BCUT2D eigenvalue weighted by Crippen LogP contribution is 2.20. The summed E-state index contributed by atoms with van der Waals surface area (Å²) in [6.07, 6.45) is 7.81. The van der Waals surface area contributed by atoms with Crippen LogP contribution in [-0.2, 0) is 24.8 Å². The Morgan fingerprint density at radius 2 is 1.93 bits per heavy atom. The molecule has 1 amide bonds. The van der Waals surface area contributed by atoms with Gasteiger partial charge in [0, 0.05) is 55.8 Å². The van der Waals surface area contributed by atoms with Crippen molar-refractivity contribution in [1.29, 1.82) is 0 Å². The zero-order valence-electron chi connectivity index (χ0n) is 15.2. The summed E-state index contributed by atoms with van der Waals surface area (Å²) < 4.78 is 4.06. The second-order valence-electron chi connectivity index (χ2n) is 6.47. The molecule has 136 valence electrons. The van der Waals surface area contributed by atoms with E-state index in [1.807, 2.05) is 54.3 Å². The molecule has 1 aromatic carbocycles. The molecule has 0 unspecified atom stereocenters. The minimum atomic E-state index is 0.0193. The highest BCUT2D eigenvalue weighted by molar-refractivity contribution is 5.89. The molecule has 0 aliphatic carbocycles. The summed E-state index contributed by atoms with van der Waals surface area (Å²) in [5.41, 5.74) is 3.01. The number of aryl methyl sites for hydroxylation is 1. The van der Waals surface area contributed by atoms with Crippen molar-refractivity contribution in [3.05, 3.63) is 72.8 Å². The summed E-state index contributed by atoms with van der Waals surface area (Å²) in [5, 5.41) is 4.13. The first-order valence-electron chi connectivity index (χ1n) is 8.94. The van der Waals surface area contributed by atoms with Crippen molar-refractivity contribution in [2.24, 2.45) is 7.05 Å². The Morgan fingerprint density at radius 3 is 2.78 bits per heavy atom. The molecule has 0 aliphatic heterocycles. The lowest BCUT2D eigenvalue weighted by Crippen LogP contribution is -2.28. The van der Waals surface area contributed by atoms with Crippen LogP contribution in [0.15, 0.2) is 67.3 Å². The summed E-state index contributed by atoms with van der Waals surface area (Å²) in [4.78, 5) is 21.1. The van der Waals surface area contributed by atoms with Gasteiger partial charge in [-0.2, -0.15) is 0 Å². The Labute approximate surface area is 157 Å². The van der Waals surface area contributed by atoms with Crippen LogP contribution >= 0.6 is 0 Å². The third kappa shape index (κ3) is 3.60. The van der Waals surface area contributed by atoms with Crippen LogP contribution in [0.4, 0.5) is 0 Å². The Morgan fingerprint density at radius 1 is 1.07 bits per heavy atom. The fourth-order valence-electron chi connectivity index (χ4n) is 3.34. The van der Waals surface area contributed by atoms with Crippen molar-refractivity contribution in [3.63, 3.8) is 0 Å². The first kappa shape index (κ1) is 17.0. The maximum absolute atomic E-state index is 12.4. The van der Waals surface area contributed by atoms with Gasteiger partial charge in [-0.3, -0.25) is 9.78 Å². The number of aromatic nitrogens is 4. The van der Waals surface area contributed by atoms with Gasteiger partial charge < -0.3 is 14.5 Å². The number of nitrogens with zero attached hydrogens (tertiary/aromatic N) is 4. The number of nitrogens with one attached hydrogen (secondary N) is 1. The van der Waals surface area contributed by atoms with E-state index in [0.717, 1.165) is 28.0 Å². The van der Waals surface area contributed by atoms with Gasteiger partial charge in [-0.15, -0.1) is 0 Å². The Hall–Kier alpha value is -3.41. The summed E-state index contributed by atoms with van der Waals surface area (Å²) in [6, 6.07) is 13.9. The van der Waals surface area contributed by atoms with Gasteiger partial charge in [0.15, 0.2) is 5.82 Å². The molecule has 0 spiro atoms. The Bertz CT molecular complexity index is 1060. The number of fused-ring (bicyclic) bond motifs is 1. The van der Waals surface area contributed by atoms with E-state index in [-0.39, 0.29) is 5.91 Å². The Kier molecular flexibility index (Phi) is 4.70. The molecule has 3 aromatic heterocycles. The molecule has 4 aromatic rings. The largest absolute Gasteiger partial charge is 0.354 e. The molecule has 0 atom stereocenters. The van der Waals surface area contributed by atoms with Gasteiger partial charge in [0.1, 0.15) is 5.69 Å². The number of pyridine rings is 1. The number of carbonyl (C=O) groups is 1. The maximum Gasteiger partial charge on any atom is 0.224 e. The molecule has 0 saturated heterocycles. The molecule has 0 aliphatic rings. The first-order valence-corrected chi connectivity index (χ1v) is 8.94. The van der Waals surface area contributed by atoms with Crippen LogP contribution in [0.3, 0.4) is 0 Å². The van der Waals surface area contributed by atoms with Crippen molar-refractivity contribution in [2.45, 2.75) is 13.0 Å². The maximum atomic E-state index is 12.4. The number of amides is 1.